The van der Waals surface area contributed by atoms with Crippen LogP contribution < -0.4 is 0 Å². The molecule has 16 heavy (non-hydrogen) atoms. The van der Waals surface area contributed by atoms with Gasteiger partial charge in [-0.2, -0.15) is 0 Å². The summed E-state index contributed by atoms with van der Waals surface area (Å²) >= 11 is 1.58. The summed E-state index contributed by atoms with van der Waals surface area (Å²) in [6.07, 6.45) is 3.43. The highest BCUT2D eigenvalue weighted by Crippen LogP contribution is 2.23. The highest BCUT2D eigenvalue weighted by atomic mass is 32.2. The summed E-state index contributed by atoms with van der Waals surface area (Å²) in [5.74, 6) is 2.12. The van der Waals surface area contributed by atoms with Crippen molar-refractivity contribution in [3.63, 3.8) is 0 Å². The molecule has 0 radical (unpaired) electrons. The van der Waals surface area contributed by atoms with Crippen LogP contribution in [0.2, 0.25) is 0 Å². The zero-order valence-electron chi connectivity index (χ0n) is 9.25. The smallest absolute Gasteiger partial charge is 0.276 e. The van der Waals surface area contributed by atoms with Gasteiger partial charge in [0, 0.05) is 18.1 Å². The molecular formula is C11H13N3OS. The lowest BCUT2D eigenvalue weighted by Crippen LogP contribution is -1.89. The van der Waals surface area contributed by atoms with Crippen molar-refractivity contribution in [2.24, 2.45) is 5.92 Å². The summed E-state index contributed by atoms with van der Waals surface area (Å²) in [5.41, 5.74) is 0.853. The van der Waals surface area contributed by atoms with Crippen LogP contribution in [0, 0.1) is 5.92 Å². The van der Waals surface area contributed by atoms with Crippen molar-refractivity contribution in [1.82, 2.24) is 15.2 Å². The van der Waals surface area contributed by atoms with E-state index < -0.39 is 0 Å². The highest BCUT2D eigenvalue weighted by Gasteiger charge is 2.09. The highest BCUT2D eigenvalue weighted by molar-refractivity contribution is 7.99. The van der Waals surface area contributed by atoms with Crippen LogP contribution in [0.4, 0.5) is 0 Å². The number of hydrogen-bond acceptors (Lipinski definition) is 5. The fourth-order valence-corrected chi connectivity index (χ4v) is 1.82. The molecule has 5 heteroatoms. The maximum Gasteiger partial charge on any atom is 0.276 e. The standard InChI is InChI=1S/C11H13N3OS/c1-8(2)7-16-11-14-13-10(15-11)9-4-3-5-12-6-9/h3-6,8H,7H2,1-2H3. The van der Waals surface area contributed by atoms with E-state index in [0.29, 0.717) is 17.0 Å². The molecule has 0 spiro atoms. The number of nitrogens with zero attached hydrogens (tertiary/aromatic N) is 3. The Bertz CT molecular complexity index is 442. The molecule has 2 aromatic rings. The van der Waals surface area contributed by atoms with Crippen molar-refractivity contribution in [3.05, 3.63) is 24.5 Å². The summed E-state index contributed by atoms with van der Waals surface area (Å²) in [6, 6.07) is 3.75. The fraction of sp³-hybridized carbons (Fsp3) is 0.364. The number of hydrogen-bond donors (Lipinski definition) is 0. The zero-order valence-corrected chi connectivity index (χ0v) is 10.1. The fourth-order valence-electron chi connectivity index (χ4n) is 1.11. The molecule has 84 valence electrons. The molecule has 0 aliphatic heterocycles. The Morgan fingerprint density at radius 3 is 2.94 bits per heavy atom. The molecule has 0 atom stereocenters. The molecule has 0 aliphatic rings. The number of pyridine rings is 1. The van der Waals surface area contributed by atoms with E-state index in [1.807, 2.05) is 12.1 Å². The molecule has 0 N–H and O–H groups in total. The molecule has 0 aromatic carbocycles. The second kappa shape index (κ2) is 5.12. The van der Waals surface area contributed by atoms with Crippen molar-refractivity contribution >= 4 is 11.8 Å². The molecule has 0 saturated carbocycles. The molecule has 2 heterocycles. The Balaban J connectivity index is 2.08. The third kappa shape index (κ3) is 2.82. The first-order valence-corrected chi connectivity index (χ1v) is 6.11. The molecule has 0 fully saturated rings. The van der Waals surface area contributed by atoms with E-state index in [-0.39, 0.29) is 0 Å². The lowest BCUT2D eigenvalue weighted by Gasteiger charge is -1.98. The van der Waals surface area contributed by atoms with Crippen molar-refractivity contribution in [2.75, 3.05) is 5.75 Å². The summed E-state index contributed by atoms with van der Waals surface area (Å²) in [4.78, 5) is 4.01. The molecule has 0 bridgehead atoms. The van der Waals surface area contributed by atoms with E-state index in [2.05, 4.69) is 29.0 Å². The third-order valence-electron chi connectivity index (χ3n) is 1.86. The average molecular weight is 235 g/mol. The van der Waals surface area contributed by atoms with Gasteiger partial charge in [-0.3, -0.25) is 4.98 Å². The van der Waals surface area contributed by atoms with E-state index in [1.54, 1.807) is 24.2 Å². The van der Waals surface area contributed by atoms with Crippen molar-refractivity contribution in [3.8, 4) is 11.5 Å². The Morgan fingerprint density at radius 1 is 1.38 bits per heavy atom. The van der Waals surface area contributed by atoms with E-state index in [1.165, 1.54) is 0 Å². The van der Waals surface area contributed by atoms with Gasteiger partial charge in [0.2, 0.25) is 5.89 Å². The van der Waals surface area contributed by atoms with Crippen molar-refractivity contribution in [2.45, 2.75) is 19.1 Å². The van der Waals surface area contributed by atoms with E-state index in [0.717, 1.165) is 11.3 Å². The first kappa shape index (κ1) is 11.1. The van der Waals surface area contributed by atoms with Gasteiger partial charge in [0.05, 0.1) is 5.56 Å². The number of aromatic nitrogens is 3. The molecular weight excluding hydrogens is 222 g/mol. The second-order valence-corrected chi connectivity index (χ2v) is 4.79. The quantitative estimate of drug-likeness (QED) is 0.763. The van der Waals surface area contributed by atoms with Crippen LogP contribution in [0.15, 0.2) is 34.2 Å². The SMILES string of the molecule is CC(C)CSc1nnc(-c2cccnc2)o1. The van der Waals surface area contributed by atoms with Crippen LogP contribution >= 0.6 is 11.8 Å². The predicted octanol–water partition coefficient (Wildman–Crippen LogP) is 2.88. The van der Waals surface area contributed by atoms with Crippen LogP contribution in [0.5, 0.6) is 0 Å². The van der Waals surface area contributed by atoms with E-state index in [4.69, 9.17) is 4.42 Å². The molecule has 0 amide bonds. The maximum atomic E-state index is 5.52. The summed E-state index contributed by atoms with van der Waals surface area (Å²) < 4.78 is 5.52. The van der Waals surface area contributed by atoms with Gasteiger partial charge >= 0.3 is 0 Å². The van der Waals surface area contributed by atoms with Gasteiger partial charge < -0.3 is 4.42 Å². The predicted molar refractivity (Wildman–Crippen MR) is 63.1 cm³/mol. The van der Waals surface area contributed by atoms with Gasteiger partial charge in [-0.25, -0.2) is 0 Å². The van der Waals surface area contributed by atoms with E-state index >= 15 is 0 Å². The molecule has 0 aliphatic carbocycles. The summed E-state index contributed by atoms with van der Waals surface area (Å²) in [6.45, 7) is 4.32. The Labute approximate surface area is 98.5 Å². The van der Waals surface area contributed by atoms with Crippen LogP contribution in [-0.2, 0) is 0 Å². The maximum absolute atomic E-state index is 5.52. The normalized spacial score (nSPS) is 10.9. The largest absolute Gasteiger partial charge is 0.411 e. The average Bonchev–Trinajstić information content (AvgIpc) is 2.76. The number of thioether (sulfide) groups is 1. The Kier molecular flexibility index (Phi) is 3.56. The lowest BCUT2D eigenvalue weighted by molar-refractivity contribution is 0.465. The monoisotopic (exact) mass is 235 g/mol. The summed E-state index contributed by atoms with van der Waals surface area (Å²) in [5, 5.41) is 8.59. The first-order valence-electron chi connectivity index (χ1n) is 5.12. The van der Waals surface area contributed by atoms with Crippen LogP contribution in [0.3, 0.4) is 0 Å². The van der Waals surface area contributed by atoms with Crippen molar-refractivity contribution in [1.29, 1.82) is 0 Å². The second-order valence-electron chi connectivity index (χ2n) is 3.82. The van der Waals surface area contributed by atoms with Gasteiger partial charge in [-0.1, -0.05) is 25.6 Å². The minimum Gasteiger partial charge on any atom is -0.411 e. The molecule has 4 nitrogen and oxygen atoms in total. The van der Waals surface area contributed by atoms with Gasteiger partial charge in [0.15, 0.2) is 0 Å². The van der Waals surface area contributed by atoms with Gasteiger partial charge in [-0.15, -0.1) is 10.2 Å². The minimum absolute atomic E-state index is 0.527. The first-order chi connectivity index (χ1) is 7.75. The lowest BCUT2D eigenvalue weighted by atomic mass is 10.3. The molecule has 2 aromatic heterocycles. The van der Waals surface area contributed by atoms with Gasteiger partial charge in [0.1, 0.15) is 0 Å². The molecule has 0 saturated heterocycles. The zero-order chi connectivity index (χ0) is 11.4. The molecule has 0 unspecified atom stereocenters. The third-order valence-corrected chi connectivity index (χ3v) is 3.10. The Morgan fingerprint density at radius 2 is 2.25 bits per heavy atom. The molecule has 2 rings (SSSR count). The topological polar surface area (TPSA) is 51.8 Å². The van der Waals surface area contributed by atoms with Crippen molar-refractivity contribution < 1.29 is 4.42 Å². The minimum atomic E-state index is 0.527. The van der Waals surface area contributed by atoms with E-state index in [9.17, 15) is 0 Å². The number of rotatable bonds is 4. The Hall–Kier alpha value is -1.36. The van der Waals surface area contributed by atoms with Crippen LogP contribution in [0.25, 0.3) is 11.5 Å². The summed E-state index contributed by atoms with van der Waals surface area (Å²) in [7, 11) is 0. The van der Waals surface area contributed by atoms with Crippen LogP contribution in [-0.4, -0.2) is 20.9 Å². The van der Waals surface area contributed by atoms with Gasteiger partial charge in [-0.05, 0) is 18.1 Å². The van der Waals surface area contributed by atoms with Gasteiger partial charge in [0.25, 0.3) is 5.22 Å². The van der Waals surface area contributed by atoms with Crippen LogP contribution in [0.1, 0.15) is 13.8 Å².